The third kappa shape index (κ3) is 5.67. The molecule has 1 unspecified atom stereocenters. The average Bonchev–Trinajstić information content (AvgIpc) is 3.22. The Hall–Kier alpha value is -2.13. The molecule has 2 heterocycles. The second-order valence-corrected chi connectivity index (χ2v) is 8.94. The van der Waals surface area contributed by atoms with Gasteiger partial charge in [-0.3, -0.25) is 4.99 Å². The van der Waals surface area contributed by atoms with Crippen molar-refractivity contribution < 1.29 is 12.9 Å². The SMILES string of the molecule is CCNC(=NCCc1nc(-c2ccc(Cl)cc2)no1)NC1CCS(=O)(=O)C1. The molecule has 2 aromatic rings. The fourth-order valence-corrected chi connectivity index (χ4v) is 4.56. The Bertz CT molecular complexity index is 896. The lowest BCUT2D eigenvalue weighted by Crippen LogP contribution is -2.44. The highest BCUT2D eigenvalue weighted by Crippen LogP contribution is 2.18. The van der Waals surface area contributed by atoms with Crippen LogP contribution in [0.4, 0.5) is 0 Å². The molecule has 1 fully saturated rings. The second-order valence-electron chi connectivity index (χ2n) is 6.27. The van der Waals surface area contributed by atoms with Gasteiger partial charge in [0.1, 0.15) is 0 Å². The summed E-state index contributed by atoms with van der Waals surface area (Å²) >= 11 is 5.88. The van der Waals surface area contributed by atoms with Crippen LogP contribution in [0, 0.1) is 0 Å². The molecule has 1 aliphatic rings. The van der Waals surface area contributed by atoms with E-state index in [-0.39, 0.29) is 17.5 Å². The number of hydrogen-bond acceptors (Lipinski definition) is 6. The number of nitrogens with zero attached hydrogens (tertiary/aromatic N) is 3. The first-order valence-corrected chi connectivity index (χ1v) is 11.0. The van der Waals surface area contributed by atoms with Gasteiger partial charge in [0, 0.05) is 29.6 Å². The lowest BCUT2D eigenvalue weighted by molar-refractivity contribution is 0.380. The van der Waals surface area contributed by atoms with E-state index < -0.39 is 9.84 Å². The minimum atomic E-state index is -2.93. The van der Waals surface area contributed by atoms with E-state index in [4.69, 9.17) is 16.1 Å². The molecule has 0 bridgehead atoms. The molecule has 0 amide bonds. The molecule has 1 aliphatic heterocycles. The summed E-state index contributed by atoms with van der Waals surface area (Å²) in [6.45, 7) is 3.09. The Labute approximate surface area is 163 Å². The van der Waals surface area contributed by atoms with Gasteiger partial charge in [-0.1, -0.05) is 16.8 Å². The summed E-state index contributed by atoms with van der Waals surface area (Å²) in [6, 6.07) is 7.10. The summed E-state index contributed by atoms with van der Waals surface area (Å²) in [5.41, 5.74) is 0.829. The summed E-state index contributed by atoms with van der Waals surface area (Å²) in [4.78, 5) is 8.83. The zero-order valence-corrected chi connectivity index (χ0v) is 16.6. The highest BCUT2D eigenvalue weighted by Gasteiger charge is 2.28. The van der Waals surface area contributed by atoms with Gasteiger partial charge >= 0.3 is 0 Å². The third-order valence-electron chi connectivity index (χ3n) is 4.08. The number of hydrogen-bond donors (Lipinski definition) is 2. The maximum atomic E-state index is 11.6. The molecule has 1 saturated heterocycles. The zero-order chi connectivity index (χ0) is 19.3. The maximum Gasteiger partial charge on any atom is 0.228 e. The molecule has 1 aromatic carbocycles. The van der Waals surface area contributed by atoms with Gasteiger partial charge in [0.2, 0.25) is 11.7 Å². The van der Waals surface area contributed by atoms with Gasteiger partial charge in [-0.05, 0) is 37.6 Å². The largest absolute Gasteiger partial charge is 0.357 e. The molecular weight excluding hydrogens is 390 g/mol. The monoisotopic (exact) mass is 411 g/mol. The van der Waals surface area contributed by atoms with Crippen LogP contribution in [0.25, 0.3) is 11.4 Å². The van der Waals surface area contributed by atoms with Crippen molar-refractivity contribution in [2.75, 3.05) is 24.6 Å². The molecule has 27 heavy (non-hydrogen) atoms. The first-order valence-electron chi connectivity index (χ1n) is 8.79. The van der Waals surface area contributed by atoms with Crippen molar-refractivity contribution in [3.63, 3.8) is 0 Å². The highest BCUT2D eigenvalue weighted by atomic mass is 35.5. The van der Waals surface area contributed by atoms with Crippen LogP contribution < -0.4 is 10.6 Å². The van der Waals surface area contributed by atoms with Gasteiger partial charge in [0.25, 0.3) is 0 Å². The Morgan fingerprint density at radius 2 is 2.15 bits per heavy atom. The Balaban J connectivity index is 1.57. The first-order chi connectivity index (χ1) is 12.9. The van der Waals surface area contributed by atoms with E-state index in [1.807, 2.05) is 19.1 Å². The normalized spacial score (nSPS) is 19.2. The Morgan fingerprint density at radius 3 is 2.81 bits per heavy atom. The summed E-state index contributed by atoms with van der Waals surface area (Å²) in [5, 5.41) is 10.9. The van der Waals surface area contributed by atoms with E-state index in [0.29, 0.717) is 48.6 Å². The predicted octanol–water partition coefficient (Wildman–Crippen LogP) is 1.67. The van der Waals surface area contributed by atoms with E-state index in [2.05, 4.69) is 25.8 Å². The minimum absolute atomic E-state index is 0.104. The van der Waals surface area contributed by atoms with Crippen molar-refractivity contribution in [3.8, 4) is 11.4 Å². The van der Waals surface area contributed by atoms with Crippen LogP contribution >= 0.6 is 11.6 Å². The van der Waals surface area contributed by atoms with Gasteiger partial charge in [0.15, 0.2) is 15.8 Å². The number of aliphatic imine (C=N–C) groups is 1. The molecule has 0 aliphatic carbocycles. The van der Waals surface area contributed by atoms with Crippen LogP contribution in [0.2, 0.25) is 5.02 Å². The maximum absolute atomic E-state index is 11.6. The van der Waals surface area contributed by atoms with Crippen LogP contribution in [0.15, 0.2) is 33.8 Å². The summed E-state index contributed by atoms with van der Waals surface area (Å²) in [6.07, 6.45) is 1.08. The molecular formula is C17H22ClN5O3S. The summed E-state index contributed by atoms with van der Waals surface area (Å²) in [7, 11) is -2.93. The van der Waals surface area contributed by atoms with E-state index in [9.17, 15) is 8.42 Å². The molecule has 8 nitrogen and oxygen atoms in total. The van der Waals surface area contributed by atoms with Gasteiger partial charge in [-0.2, -0.15) is 4.98 Å². The van der Waals surface area contributed by atoms with E-state index in [0.717, 1.165) is 5.56 Å². The average molecular weight is 412 g/mol. The lowest BCUT2D eigenvalue weighted by Gasteiger charge is -2.15. The lowest BCUT2D eigenvalue weighted by atomic mass is 10.2. The van der Waals surface area contributed by atoms with E-state index in [1.54, 1.807) is 12.1 Å². The van der Waals surface area contributed by atoms with Crippen molar-refractivity contribution in [1.82, 2.24) is 20.8 Å². The predicted molar refractivity (Wildman–Crippen MR) is 105 cm³/mol. The molecule has 146 valence electrons. The Morgan fingerprint density at radius 1 is 1.37 bits per heavy atom. The number of halogens is 1. The highest BCUT2D eigenvalue weighted by molar-refractivity contribution is 7.91. The number of aromatic nitrogens is 2. The number of guanidine groups is 1. The fourth-order valence-electron chi connectivity index (χ4n) is 2.76. The van der Waals surface area contributed by atoms with Crippen molar-refractivity contribution in [3.05, 3.63) is 35.2 Å². The molecule has 0 spiro atoms. The molecule has 2 N–H and O–H groups in total. The van der Waals surface area contributed by atoms with Crippen molar-refractivity contribution >= 4 is 27.4 Å². The standard InChI is InChI=1S/C17H22ClN5O3S/c1-2-19-17(21-14-8-10-27(24,25)11-14)20-9-7-15-22-16(23-26-15)12-3-5-13(18)6-4-12/h3-6,14H,2,7-11H2,1H3,(H2,19,20,21). The topological polar surface area (TPSA) is 109 Å². The molecule has 3 rings (SSSR count). The smallest absolute Gasteiger partial charge is 0.228 e. The second kappa shape index (κ2) is 8.71. The van der Waals surface area contributed by atoms with E-state index >= 15 is 0 Å². The van der Waals surface area contributed by atoms with Crippen LogP contribution in [-0.2, 0) is 16.3 Å². The van der Waals surface area contributed by atoms with Crippen LogP contribution in [0.3, 0.4) is 0 Å². The fraction of sp³-hybridized carbons (Fsp3) is 0.471. The van der Waals surface area contributed by atoms with Crippen LogP contribution in [0.5, 0.6) is 0 Å². The van der Waals surface area contributed by atoms with Crippen LogP contribution in [0.1, 0.15) is 19.2 Å². The molecule has 1 atom stereocenters. The summed E-state index contributed by atoms with van der Waals surface area (Å²) in [5.74, 6) is 1.96. The number of nitrogens with one attached hydrogen (secondary N) is 2. The van der Waals surface area contributed by atoms with E-state index in [1.165, 1.54) is 0 Å². The van der Waals surface area contributed by atoms with Crippen LogP contribution in [-0.4, -0.2) is 55.2 Å². The Kier molecular flexibility index (Phi) is 6.33. The van der Waals surface area contributed by atoms with Gasteiger partial charge in [0.05, 0.1) is 18.1 Å². The van der Waals surface area contributed by atoms with Crippen molar-refractivity contribution in [1.29, 1.82) is 0 Å². The minimum Gasteiger partial charge on any atom is -0.357 e. The van der Waals surface area contributed by atoms with Gasteiger partial charge in [-0.15, -0.1) is 0 Å². The molecule has 0 saturated carbocycles. The number of sulfone groups is 1. The zero-order valence-electron chi connectivity index (χ0n) is 15.0. The van der Waals surface area contributed by atoms with Gasteiger partial charge in [-0.25, -0.2) is 8.42 Å². The third-order valence-corrected chi connectivity index (χ3v) is 6.10. The van der Waals surface area contributed by atoms with Crippen molar-refractivity contribution in [2.45, 2.75) is 25.8 Å². The number of rotatable bonds is 6. The molecule has 10 heteroatoms. The molecule has 0 radical (unpaired) electrons. The first kappa shape index (κ1) is 19.6. The quantitative estimate of drug-likeness (QED) is 0.549. The van der Waals surface area contributed by atoms with Crippen molar-refractivity contribution in [2.24, 2.45) is 4.99 Å². The summed E-state index contributed by atoms with van der Waals surface area (Å²) < 4.78 is 28.4. The molecule has 1 aromatic heterocycles. The van der Waals surface area contributed by atoms with Gasteiger partial charge < -0.3 is 15.2 Å². The number of benzene rings is 1.